The van der Waals surface area contributed by atoms with Crippen molar-refractivity contribution in [1.29, 1.82) is 10.7 Å². The van der Waals surface area contributed by atoms with Gasteiger partial charge in [0.25, 0.3) is 0 Å². The minimum absolute atomic E-state index is 0.0953. The van der Waals surface area contributed by atoms with Crippen molar-refractivity contribution in [3.05, 3.63) is 29.8 Å². The van der Waals surface area contributed by atoms with E-state index in [2.05, 4.69) is 15.8 Å². The summed E-state index contributed by atoms with van der Waals surface area (Å²) < 4.78 is 0. The number of nitrogens with zero attached hydrogens (tertiary/aromatic N) is 2. The number of hydrogen-bond acceptors (Lipinski definition) is 5. The van der Waals surface area contributed by atoms with E-state index in [0.717, 1.165) is 5.56 Å². The Morgan fingerprint density at radius 1 is 1.58 bits per heavy atom. The molecule has 1 aromatic carbocycles. The Bertz CT molecular complexity index is 558. The van der Waals surface area contributed by atoms with E-state index in [1.165, 1.54) is 0 Å². The third-order valence-corrected chi connectivity index (χ3v) is 2.23. The number of nitriles is 1. The van der Waals surface area contributed by atoms with Crippen LogP contribution in [0.25, 0.3) is 0 Å². The van der Waals surface area contributed by atoms with Crippen LogP contribution in [-0.4, -0.2) is 24.5 Å². The fourth-order valence-electron chi connectivity index (χ4n) is 1.29. The molecule has 0 fully saturated rings. The van der Waals surface area contributed by atoms with Gasteiger partial charge >= 0.3 is 0 Å². The number of anilines is 1. The Balaban J connectivity index is 2.81. The SMILES string of the molecule is CNC(=O)Cc1cccc(N/N=C(\C#N)C(=N)N)c1. The molecule has 0 saturated carbocycles. The number of likely N-dealkylation sites (N-methyl/N-ethyl adjacent to an activating group) is 1. The standard InChI is InChI=1S/C12H14N6O/c1-16-11(19)6-8-3-2-4-9(5-8)17-18-10(7-13)12(14)15/h2-5,17H,6H2,1H3,(H3,14,15)(H,16,19)/b18-10+. The van der Waals surface area contributed by atoms with Crippen LogP contribution in [0.2, 0.25) is 0 Å². The van der Waals surface area contributed by atoms with Crippen LogP contribution in [0.1, 0.15) is 5.56 Å². The summed E-state index contributed by atoms with van der Waals surface area (Å²) >= 11 is 0. The molecule has 0 aliphatic rings. The first-order valence-corrected chi connectivity index (χ1v) is 5.44. The number of amides is 1. The van der Waals surface area contributed by atoms with Gasteiger partial charge < -0.3 is 11.1 Å². The first-order valence-electron chi connectivity index (χ1n) is 5.44. The summed E-state index contributed by atoms with van der Waals surface area (Å²) in [5.74, 6) is -0.501. The van der Waals surface area contributed by atoms with Gasteiger partial charge in [-0.2, -0.15) is 10.4 Å². The van der Waals surface area contributed by atoms with E-state index in [1.807, 2.05) is 0 Å². The monoisotopic (exact) mass is 258 g/mol. The van der Waals surface area contributed by atoms with Crippen LogP contribution in [0.4, 0.5) is 5.69 Å². The highest BCUT2D eigenvalue weighted by Crippen LogP contribution is 2.11. The van der Waals surface area contributed by atoms with E-state index in [-0.39, 0.29) is 18.0 Å². The number of carbonyl (C=O) groups excluding carboxylic acids is 1. The van der Waals surface area contributed by atoms with Gasteiger partial charge in [0.15, 0.2) is 5.84 Å². The minimum Gasteiger partial charge on any atom is -0.382 e. The molecular formula is C12H14N6O. The Labute approximate surface area is 110 Å². The van der Waals surface area contributed by atoms with Crippen LogP contribution in [-0.2, 0) is 11.2 Å². The molecule has 0 atom stereocenters. The normalized spacial score (nSPS) is 10.4. The fraction of sp³-hybridized carbons (Fsp3) is 0.167. The summed E-state index contributed by atoms with van der Waals surface area (Å²) in [6.07, 6.45) is 0.257. The molecule has 0 aliphatic heterocycles. The average molecular weight is 258 g/mol. The molecule has 7 heteroatoms. The minimum atomic E-state index is -0.406. The first-order chi connectivity index (χ1) is 9.06. The predicted octanol–water partition coefficient (Wildman–Crippen LogP) is 0.203. The van der Waals surface area contributed by atoms with Crippen molar-refractivity contribution in [2.24, 2.45) is 10.8 Å². The van der Waals surface area contributed by atoms with Gasteiger partial charge in [-0.15, -0.1) is 0 Å². The van der Waals surface area contributed by atoms with Crippen molar-refractivity contribution in [2.45, 2.75) is 6.42 Å². The van der Waals surface area contributed by atoms with Crippen molar-refractivity contribution in [2.75, 3.05) is 12.5 Å². The number of hydrogen-bond donors (Lipinski definition) is 4. The van der Waals surface area contributed by atoms with E-state index < -0.39 is 5.84 Å². The van der Waals surface area contributed by atoms with Crippen molar-refractivity contribution in [1.82, 2.24) is 5.32 Å². The lowest BCUT2D eigenvalue weighted by Crippen LogP contribution is -2.22. The first kappa shape index (κ1) is 14.2. The number of nitrogens with one attached hydrogen (secondary N) is 3. The lowest BCUT2D eigenvalue weighted by molar-refractivity contribution is -0.119. The molecule has 0 heterocycles. The van der Waals surface area contributed by atoms with Gasteiger partial charge in [-0.1, -0.05) is 12.1 Å². The number of hydrazone groups is 1. The Kier molecular flexibility index (Phi) is 5.04. The molecule has 7 nitrogen and oxygen atoms in total. The second-order valence-electron chi connectivity index (χ2n) is 3.65. The van der Waals surface area contributed by atoms with Gasteiger partial charge in [-0.3, -0.25) is 15.6 Å². The Morgan fingerprint density at radius 2 is 2.32 bits per heavy atom. The number of amidine groups is 1. The average Bonchev–Trinajstić information content (AvgIpc) is 2.39. The summed E-state index contributed by atoms with van der Waals surface area (Å²) in [6, 6.07) is 8.73. The molecule has 19 heavy (non-hydrogen) atoms. The molecule has 0 saturated heterocycles. The molecule has 98 valence electrons. The second-order valence-corrected chi connectivity index (χ2v) is 3.65. The Hall–Kier alpha value is -2.88. The molecule has 1 amide bonds. The summed E-state index contributed by atoms with van der Waals surface area (Å²) in [5.41, 5.74) is 9.00. The molecule has 1 aromatic rings. The number of benzene rings is 1. The van der Waals surface area contributed by atoms with Gasteiger partial charge in [0.2, 0.25) is 11.6 Å². The van der Waals surface area contributed by atoms with E-state index in [9.17, 15) is 4.79 Å². The van der Waals surface area contributed by atoms with E-state index in [0.29, 0.717) is 5.69 Å². The number of rotatable bonds is 5. The molecule has 0 aliphatic carbocycles. The van der Waals surface area contributed by atoms with Crippen LogP contribution >= 0.6 is 0 Å². The van der Waals surface area contributed by atoms with Crippen molar-refractivity contribution >= 4 is 23.1 Å². The zero-order valence-electron chi connectivity index (χ0n) is 10.4. The van der Waals surface area contributed by atoms with Crippen LogP contribution in [0.3, 0.4) is 0 Å². The molecule has 0 unspecified atom stereocenters. The van der Waals surface area contributed by atoms with Gasteiger partial charge in [-0.25, -0.2) is 0 Å². The zero-order chi connectivity index (χ0) is 14.3. The molecule has 0 radical (unpaired) electrons. The molecular weight excluding hydrogens is 244 g/mol. The van der Waals surface area contributed by atoms with Crippen LogP contribution in [0.5, 0.6) is 0 Å². The van der Waals surface area contributed by atoms with Gasteiger partial charge in [-0.05, 0) is 17.7 Å². The topological polar surface area (TPSA) is 127 Å². The second kappa shape index (κ2) is 6.76. The third kappa shape index (κ3) is 4.47. The van der Waals surface area contributed by atoms with Crippen molar-refractivity contribution in [3.63, 3.8) is 0 Å². The van der Waals surface area contributed by atoms with Gasteiger partial charge in [0.1, 0.15) is 6.07 Å². The highest BCUT2D eigenvalue weighted by molar-refractivity contribution is 6.45. The lowest BCUT2D eigenvalue weighted by Gasteiger charge is -2.04. The summed E-state index contributed by atoms with van der Waals surface area (Å²) in [6.45, 7) is 0. The maximum atomic E-state index is 11.2. The summed E-state index contributed by atoms with van der Waals surface area (Å²) in [4.78, 5) is 11.2. The smallest absolute Gasteiger partial charge is 0.224 e. The maximum absolute atomic E-state index is 11.2. The van der Waals surface area contributed by atoms with E-state index in [1.54, 1.807) is 37.4 Å². The quantitative estimate of drug-likeness (QED) is 0.342. The van der Waals surface area contributed by atoms with Crippen LogP contribution < -0.4 is 16.5 Å². The lowest BCUT2D eigenvalue weighted by atomic mass is 10.1. The molecule has 1 rings (SSSR count). The third-order valence-electron chi connectivity index (χ3n) is 2.23. The zero-order valence-corrected chi connectivity index (χ0v) is 10.4. The largest absolute Gasteiger partial charge is 0.382 e. The number of nitrogens with two attached hydrogens (primary N) is 1. The fourth-order valence-corrected chi connectivity index (χ4v) is 1.29. The number of carbonyl (C=O) groups is 1. The summed E-state index contributed by atoms with van der Waals surface area (Å²) in [5, 5.41) is 22.0. The van der Waals surface area contributed by atoms with Gasteiger partial charge in [0.05, 0.1) is 12.1 Å². The van der Waals surface area contributed by atoms with E-state index in [4.69, 9.17) is 16.4 Å². The van der Waals surface area contributed by atoms with Gasteiger partial charge in [0, 0.05) is 7.05 Å². The van der Waals surface area contributed by atoms with Crippen LogP contribution in [0, 0.1) is 16.7 Å². The van der Waals surface area contributed by atoms with Crippen molar-refractivity contribution < 1.29 is 4.79 Å². The molecule has 0 aromatic heterocycles. The predicted molar refractivity (Wildman–Crippen MR) is 72.8 cm³/mol. The van der Waals surface area contributed by atoms with Crippen molar-refractivity contribution in [3.8, 4) is 6.07 Å². The molecule has 0 bridgehead atoms. The maximum Gasteiger partial charge on any atom is 0.224 e. The van der Waals surface area contributed by atoms with E-state index >= 15 is 0 Å². The Morgan fingerprint density at radius 3 is 2.89 bits per heavy atom. The molecule has 0 spiro atoms. The van der Waals surface area contributed by atoms with Crippen LogP contribution in [0.15, 0.2) is 29.4 Å². The summed E-state index contributed by atoms with van der Waals surface area (Å²) in [7, 11) is 1.57. The highest BCUT2D eigenvalue weighted by atomic mass is 16.1. The molecule has 5 N–H and O–H groups in total. The highest BCUT2D eigenvalue weighted by Gasteiger charge is 2.03.